The molecule has 0 aliphatic heterocycles. The third-order valence-corrected chi connectivity index (χ3v) is 5.31. The third-order valence-electron chi connectivity index (χ3n) is 5.31. The van der Waals surface area contributed by atoms with Gasteiger partial charge in [-0.15, -0.1) is 0 Å². The summed E-state index contributed by atoms with van der Waals surface area (Å²) in [6.45, 7) is 2.20. The summed E-state index contributed by atoms with van der Waals surface area (Å²) >= 11 is 0. The zero-order valence-electron chi connectivity index (χ0n) is 17.1. The Morgan fingerprint density at radius 2 is 1.68 bits per heavy atom. The summed E-state index contributed by atoms with van der Waals surface area (Å²) in [5.41, 5.74) is 4.42. The minimum Gasteiger partial charge on any atom is -0.489 e. The van der Waals surface area contributed by atoms with Crippen molar-refractivity contribution in [3.63, 3.8) is 0 Å². The van der Waals surface area contributed by atoms with Crippen molar-refractivity contribution in [1.82, 2.24) is 0 Å². The summed E-state index contributed by atoms with van der Waals surface area (Å²) in [5, 5.41) is 9.66. The minimum atomic E-state index is -0.945. The molecule has 5 nitrogen and oxygen atoms in total. The first-order valence-electron chi connectivity index (χ1n) is 10.1. The SMILES string of the molecule is Cc1c(CCC(=O)O)c(=O)oc2cc(OCc3ccc(-c4ccccc4)cc3)ccc12. The molecule has 0 aliphatic rings. The molecule has 0 bridgehead atoms. The molecule has 0 saturated carbocycles. The third kappa shape index (κ3) is 4.67. The monoisotopic (exact) mass is 414 g/mol. The molecule has 0 fully saturated rings. The summed E-state index contributed by atoms with van der Waals surface area (Å²) in [6.07, 6.45) is 0.0397. The van der Waals surface area contributed by atoms with Crippen LogP contribution in [0.5, 0.6) is 5.75 Å². The van der Waals surface area contributed by atoms with Crippen LogP contribution in [-0.2, 0) is 17.8 Å². The number of carbonyl (C=O) groups is 1. The van der Waals surface area contributed by atoms with Crippen molar-refractivity contribution in [2.45, 2.75) is 26.4 Å². The molecule has 1 aromatic heterocycles. The molecule has 0 aliphatic carbocycles. The summed E-state index contributed by atoms with van der Waals surface area (Å²) in [7, 11) is 0. The molecule has 0 amide bonds. The molecule has 5 heteroatoms. The molecular weight excluding hydrogens is 392 g/mol. The van der Waals surface area contributed by atoms with Gasteiger partial charge in [-0.25, -0.2) is 4.79 Å². The molecule has 4 rings (SSSR count). The molecule has 0 unspecified atom stereocenters. The van der Waals surface area contributed by atoms with E-state index in [-0.39, 0.29) is 12.8 Å². The van der Waals surface area contributed by atoms with Crippen molar-refractivity contribution >= 4 is 16.9 Å². The Kier molecular flexibility index (Phi) is 5.85. The van der Waals surface area contributed by atoms with Crippen LogP contribution in [0.15, 0.2) is 82.0 Å². The molecule has 1 N–H and O–H groups in total. The number of benzene rings is 3. The molecule has 4 aromatic rings. The van der Waals surface area contributed by atoms with Gasteiger partial charge in [0.2, 0.25) is 0 Å². The fourth-order valence-corrected chi connectivity index (χ4v) is 3.58. The molecule has 0 spiro atoms. The van der Waals surface area contributed by atoms with Crippen LogP contribution in [-0.4, -0.2) is 11.1 Å². The van der Waals surface area contributed by atoms with E-state index >= 15 is 0 Å². The van der Waals surface area contributed by atoms with Crippen molar-refractivity contribution in [1.29, 1.82) is 0 Å². The van der Waals surface area contributed by atoms with Gasteiger partial charge in [-0.3, -0.25) is 4.79 Å². The second kappa shape index (κ2) is 8.88. The van der Waals surface area contributed by atoms with E-state index in [0.717, 1.165) is 27.6 Å². The molecule has 0 saturated heterocycles. The topological polar surface area (TPSA) is 76.7 Å². The number of ether oxygens (including phenoxy) is 1. The molecular formula is C26H22O5. The highest BCUT2D eigenvalue weighted by molar-refractivity contribution is 5.82. The average Bonchev–Trinajstić information content (AvgIpc) is 2.78. The summed E-state index contributed by atoms with van der Waals surface area (Å²) in [6, 6.07) is 23.7. The van der Waals surface area contributed by atoms with Gasteiger partial charge < -0.3 is 14.3 Å². The summed E-state index contributed by atoms with van der Waals surface area (Å²) in [5.74, 6) is -0.347. The first kappa shape index (κ1) is 20.4. The van der Waals surface area contributed by atoms with Gasteiger partial charge in [0.1, 0.15) is 17.9 Å². The highest BCUT2D eigenvalue weighted by Crippen LogP contribution is 2.26. The zero-order chi connectivity index (χ0) is 21.8. The predicted octanol–water partition coefficient (Wildman–Crippen LogP) is 5.36. The van der Waals surface area contributed by atoms with Crippen LogP contribution in [0, 0.1) is 6.92 Å². The van der Waals surface area contributed by atoms with Crippen LogP contribution in [0.3, 0.4) is 0 Å². The van der Waals surface area contributed by atoms with Crippen LogP contribution in [0.2, 0.25) is 0 Å². The quantitative estimate of drug-likeness (QED) is 0.412. The van der Waals surface area contributed by atoms with E-state index in [9.17, 15) is 9.59 Å². The van der Waals surface area contributed by atoms with Crippen LogP contribution in [0.4, 0.5) is 0 Å². The van der Waals surface area contributed by atoms with Crippen LogP contribution in [0.1, 0.15) is 23.1 Å². The standard InChI is InChI=1S/C26H22O5/c1-17-22-12-11-21(15-24(22)31-26(29)23(17)13-14-25(27)28)30-16-18-7-9-20(10-8-18)19-5-3-2-4-6-19/h2-12,15H,13-14,16H2,1H3,(H,27,28). The first-order chi connectivity index (χ1) is 15.0. The van der Waals surface area contributed by atoms with E-state index in [0.29, 0.717) is 23.5 Å². The fourth-order valence-electron chi connectivity index (χ4n) is 3.58. The van der Waals surface area contributed by atoms with Gasteiger partial charge in [0.25, 0.3) is 0 Å². The number of hydrogen-bond acceptors (Lipinski definition) is 4. The Bertz CT molecular complexity index is 1270. The van der Waals surface area contributed by atoms with Crippen LogP contribution >= 0.6 is 0 Å². The van der Waals surface area contributed by atoms with Gasteiger partial charge in [-0.05, 0) is 47.7 Å². The maximum atomic E-state index is 12.3. The predicted molar refractivity (Wildman–Crippen MR) is 119 cm³/mol. The molecule has 0 atom stereocenters. The minimum absolute atomic E-state index is 0.110. The largest absolute Gasteiger partial charge is 0.489 e. The lowest BCUT2D eigenvalue weighted by molar-refractivity contribution is -0.136. The second-order valence-corrected chi connectivity index (χ2v) is 7.40. The lowest BCUT2D eigenvalue weighted by Crippen LogP contribution is -2.12. The number of rotatable bonds is 7. The number of fused-ring (bicyclic) bond motifs is 1. The van der Waals surface area contributed by atoms with Crippen molar-refractivity contribution in [3.05, 3.63) is 99.9 Å². The van der Waals surface area contributed by atoms with Crippen molar-refractivity contribution in [2.24, 2.45) is 0 Å². The fraction of sp³-hybridized carbons (Fsp3) is 0.154. The van der Waals surface area contributed by atoms with E-state index in [1.54, 1.807) is 6.07 Å². The Morgan fingerprint density at radius 3 is 2.39 bits per heavy atom. The van der Waals surface area contributed by atoms with Gasteiger partial charge in [0.15, 0.2) is 0 Å². The van der Waals surface area contributed by atoms with Gasteiger partial charge in [0, 0.05) is 23.4 Å². The van der Waals surface area contributed by atoms with E-state index in [1.807, 2.05) is 49.4 Å². The van der Waals surface area contributed by atoms with Crippen LogP contribution < -0.4 is 10.4 Å². The van der Waals surface area contributed by atoms with E-state index in [1.165, 1.54) is 0 Å². The Balaban J connectivity index is 1.49. The Hall–Kier alpha value is -3.86. The maximum Gasteiger partial charge on any atom is 0.339 e. The summed E-state index contributed by atoms with van der Waals surface area (Å²) < 4.78 is 11.3. The maximum absolute atomic E-state index is 12.3. The molecule has 0 radical (unpaired) electrons. The first-order valence-corrected chi connectivity index (χ1v) is 10.1. The van der Waals surface area contributed by atoms with Gasteiger partial charge in [-0.2, -0.15) is 0 Å². The van der Waals surface area contributed by atoms with Crippen molar-refractivity contribution < 1.29 is 19.1 Å². The Morgan fingerprint density at radius 1 is 0.968 bits per heavy atom. The highest BCUT2D eigenvalue weighted by Gasteiger charge is 2.13. The molecule has 156 valence electrons. The van der Waals surface area contributed by atoms with Gasteiger partial charge in [0.05, 0.1) is 0 Å². The zero-order valence-corrected chi connectivity index (χ0v) is 17.1. The molecule has 1 heterocycles. The van der Waals surface area contributed by atoms with E-state index in [2.05, 4.69) is 24.3 Å². The van der Waals surface area contributed by atoms with E-state index < -0.39 is 11.6 Å². The lowest BCUT2D eigenvalue weighted by Gasteiger charge is -2.10. The van der Waals surface area contributed by atoms with Crippen molar-refractivity contribution in [3.8, 4) is 16.9 Å². The van der Waals surface area contributed by atoms with E-state index in [4.69, 9.17) is 14.3 Å². The van der Waals surface area contributed by atoms with Gasteiger partial charge >= 0.3 is 11.6 Å². The number of carboxylic acids is 1. The number of aliphatic carboxylic acids is 1. The average molecular weight is 414 g/mol. The number of aryl methyl sites for hydroxylation is 1. The summed E-state index contributed by atoms with van der Waals surface area (Å²) in [4.78, 5) is 23.1. The Labute approximate surface area is 179 Å². The lowest BCUT2D eigenvalue weighted by atomic mass is 10.0. The van der Waals surface area contributed by atoms with Crippen LogP contribution in [0.25, 0.3) is 22.1 Å². The number of carboxylic acid groups (broad SMARTS) is 1. The molecule has 31 heavy (non-hydrogen) atoms. The smallest absolute Gasteiger partial charge is 0.339 e. The normalized spacial score (nSPS) is 10.9. The second-order valence-electron chi connectivity index (χ2n) is 7.40. The molecule has 3 aromatic carbocycles. The number of hydrogen-bond donors (Lipinski definition) is 1. The van der Waals surface area contributed by atoms with Crippen molar-refractivity contribution in [2.75, 3.05) is 0 Å². The highest BCUT2D eigenvalue weighted by atomic mass is 16.5. The van der Waals surface area contributed by atoms with Gasteiger partial charge in [-0.1, -0.05) is 54.6 Å².